The molecule has 0 aromatic heterocycles. The summed E-state index contributed by atoms with van der Waals surface area (Å²) in [5, 5.41) is 39.9. The molecule has 0 saturated carbocycles. The van der Waals surface area contributed by atoms with Crippen LogP contribution in [0.2, 0.25) is 0 Å². The molecule has 132 valence electrons. The molecule has 1 aliphatic rings. The topological polar surface area (TPSA) is 165 Å². The van der Waals surface area contributed by atoms with Gasteiger partial charge in [-0.3, -0.25) is 14.9 Å². The highest BCUT2D eigenvalue weighted by Gasteiger charge is 2.46. The molecule has 10 heteroatoms. The number of nitro benzene ring substituents is 1. The molecule has 5 N–H and O–H groups in total. The van der Waals surface area contributed by atoms with Gasteiger partial charge in [-0.15, -0.1) is 0 Å². The molecule has 1 aromatic rings. The summed E-state index contributed by atoms with van der Waals surface area (Å²) < 4.78 is 10.9. The van der Waals surface area contributed by atoms with Crippen molar-refractivity contribution in [1.29, 1.82) is 0 Å². The van der Waals surface area contributed by atoms with Gasteiger partial charge >= 0.3 is 0 Å². The van der Waals surface area contributed by atoms with Gasteiger partial charge in [-0.2, -0.15) is 0 Å². The molecule has 1 amide bonds. The Hall–Kier alpha value is -2.27. The first-order valence-electron chi connectivity index (χ1n) is 7.15. The number of nitro groups is 1. The molecule has 10 nitrogen and oxygen atoms in total. The lowest BCUT2D eigenvalue weighted by Crippen LogP contribution is -2.57. The SMILES string of the molecule is NC(=O)C[C@H]1[C@H](Oc2ccc([N+](=O)[O-])cc2)O[C@@H](CO)[C@H](O)[C@H]1O. The Bertz CT molecular complexity index is 593. The largest absolute Gasteiger partial charge is 0.465 e. The van der Waals surface area contributed by atoms with Gasteiger partial charge in [-0.1, -0.05) is 0 Å². The quantitative estimate of drug-likeness (QED) is 0.373. The van der Waals surface area contributed by atoms with E-state index in [1.165, 1.54) is 24.3 Å². The maximum atomic E-state index is 11.2. The molecular weight excluding hydrogens is 324 g/mol. The molecule has 1 fully saturated rings. The summed E-state index contributed by atoms with van der Waals surface area (Å²) >= 11 is 0. The third-order valence-electron chi connectivity index (χ3n) is 3.74. The van der Waals surface area contributed by atoms with Gasteiger partial charge in [0.1, 0.15) is 18.0 Å². The van der Waals surface area contributed by atoms with Crippen molar-refractivity contribution in [3.8, 4) is 5.75 Å². The minimum absolute atomic E-state index is 0.135. The number of carbonyl (C=O) groups is 1. The third-order valence-corrected chi connectivity index (χ3v) is 3.74. The second kappa shape index (κ2) is 7.53. The lowest BCUT2D eigenvalue weighted by Gasteiger charge is -2.41. The van der Waals surface area contributed by atoms with Crippen LogP contribution in [-0.2, 0) is 9.53 Å². The molecule has 0 spiro atoms. The Kier molecular flexibility index (Phi) is 5.67. The number of ether oxygens (including phenoxy) is 2. The van der Waals surface area contributed by atoms with Crippen molar-refractivity contribution >= 4 is 11.6 Å². The van der Waals surface area contributed by atoms with Gasteiger partial charge in [-0.05, 0) is 12.1 Å². The first-order chi connectivity index (χ1) is 11.3. The predicted octanol–water partition coefficient (Wildman–Crippen LogP) is -1.10. The molecule has 1 saturated heterocycles. The number of aliphatic hydroxyl groups excluding tert-OH is 3. The second-order valence-electron chi connectivity index (χ2n) is 5.41. The molecule has 1 aromatic carbocycles. The van der Waals surface area contributed by atoms with Crippen molar-refractivity contribution in [1.82, 2.24) is 0 Å². The van der Waals surface area contributed by atoms with Crippen molar-refractivity contribution in [3.05, 3.63) is 34.4 Å². The zero-order chi connectivity index (χ0) is 17.9. The normalized spacial score (nSPS) is 29.9. The number of hydrogen-bond acceptors (Lipinski definition) is 8. The van der Waals surface area contributed by atoms with Crippen LogP contribution < -0.4 is 10.5 Å². The fraction of sp³-hybridized carbons (Fsp3) is 0.500. The van der Waals surface area contributed by atoms with Gasteiger partial charge in [-0.25, -0.2) is 0 Å². The van der Waals surface area contributed by atoms with Crippen LogP contribution in [0, 0.1) is 16.0 Å². The summed E-state index contributed by atoms with van der Waals surface area (Å²) in [4.78, 5) is 21.2. The maximum absolute atomic E-state index is 11.2. The number of hydrogen-bond donors (Lipinski definition) is 4. The molecule has 0 bridgehead atoms. The van der Waals surface area contributed by atoms with Crippen molar-refractivity contribution < 1.29 is 34.5 Å². The summed E-state index contributed by atoms with van der Waals surface area (Å²) in [6.45, 7) is -0.568. The summed E-state index contributed by atoms with van der Waals surface area (Å²) in [5.41, 5.74) is 5.00. The minimum atomic E-state index is -1.41. The van der Waals surface area contributed by atoms with Crippen LogP contribution in [0.5, 0.6) is 5.75 Å². The van der Waals surface area contributed by atoms with E-state index in [1.54, 1.807) is 0 Å². The van der Waals surface area contributed by atoms with Crippen LogP contribution in [0.15, 0.2) is 24.3 Å². The zero-order valence-corrected chi connectivity index (χ0v) is 12.5. The van der Waals surface area contributed by atoms with E-state index in [0.717, 1.165) is 0 Å². The average molecular weight is 342 g/mol. The van der Waals surface area contributed by atoms with Crippen LogP contribution in [0.1, 0.15) is 6.42 Å². The fourth-order valence-corrected chi connectivity index (χ4v) is 2.48. The van der Waals surface area contributed by atoms with Crippen molar-refractivity contribution in [2.24, 2.45) is 11.7 Å². The predicted molar refractivity (Wildman–Crippen MR) is 78.8 cm³/mol. The van der Waals surface area contributed by atoms with E-state index in [9.17, 15) is 30.2 Å². The standard InChI is InChI=1S/C14H18N2O8/c15-11(18)5-9-12(19)13(20)10(6-17)24-14(9)23-8-3-1-7(2-4-8)16(21)22/h1-4,9-10,12-14,17,19-20H,5-6H2,(H2,15,18)/t9-,10+,12+,13+,14-/m1/s1. The lowest BCUT2D eigenvalue weighted by atomic mass is 9.88. The van der Waals surface area contributed by atoms with Gasteiger partial charge in [0, 0.05) is 18.6 Å². The van der Waals surface area contributed by atoms with Crippen LogP contribution in [0.3, 0.4) is 0 Å². The molecule has 0 unspecified atom stereocenters. The number of rotatable bonds is 6. The molecule has 1 heterocycles. The first-order valence-corrected chi connectivity index (χ1v) is 7.15. The monoisotopic (exact) mass is 342 g/mol. The summed E-state index contributed by atoms with van der Waals surface area (Å²) in [7, 11) is 0. The molecule has 1 aliphatic heterocycles. The number of amides is 1. The first kappa shape index (κ1) is 18.1. The van der Waals surface area contributed by atoms with Crippen LogP contribution in [-0.4, -0.2) is 57.4 Å². The molecule has 0 radical (unpaired) electrons. The van der Waals surface area contributed by atoms with Gasteiger partial charge in [0.25, 0.3) is 5.69 Å². The average Bonchev–Trinajstić information content (AvgIpc) is 2.54. The second-order valence-corrected chi connectivity index (χ2v) is 5.41. The number of nitrogens with two attached hydrogens (primary N) is 1. The van der Waals surface area contributed by atoms with Crippen LogP contribution in [0.4, 0.5) is 5.69 Å². The third kappa shape index (κ3) is 3.97. The number of non-ortho nitro benzene ring substituents is 1. The number of aliphatic hydroxyl groups is 3. The number of benzene rings is 1. The molecule has 2 rings (SSSR count). The van der Waals surface area contributed by atoms with Crippen molar-refractivity contribution in [2.75, 3.05) is 6.61 Å². The summed E-state index contributed by atoms with van der Waals surface area (Å²) in [5.74, 6) is -1.49. The maximum Gasteiger partial charge on any atom is 0.269 e. The number of carbonyl (C=O) groups excluding carboxylic acids is 1. The lowest BCUT2D eigenvalue weighted by molar-refractivity contribution is -0.384. The fourth-order valence-electron chi connectivity index (χ4n) is 2.48. The molecular formula is C14H18N2O8. The Morgan fingerprint density at radius 3 is 2.42 bits per heavy atom. The Labute approximate surface area is 136 Å². The number of nitrogens with zero attached hydrogens (tertiary/aromatic N) is 1. The van der Waals surface area contributed by atoms with E-state index in [4.69, 9.17) is 15.2 Å². The van der Waals surface area contributed by atoms with E-state index >= 15 is 0 Å². The van der Waals surface area contributed by atoms with Gasteiger partial charge in [0.05, 0.1) is 23.6 Å². The van der Waals surface area contributed by atoms with E-state index in [0.29, 0.717) is 0 Å². The Morgan fingerprint density at radius 1 is 1.29 bits per heavy atom. The molecule has 5 atom stereocenters. The highest BCUT2D eigenvalue weighted by Crippen LogP contribution is 2.31. The smallest absolute Gasteiger partial charge is 0.269 e. The highest BCUT2D eigenvalue weighted by atomic mass is 16.7. The van der Waals surface area contributed by atoms with Crippen LogP contribution >= 0.6 is 0 Å². The Morgan fingerprint density at radius 2 is 1.92 bits per heavy atom. The summed E-state index contributed by atoms with van der Waals surface area (Å²) in [6.07, 6.45) is -5.39. The zero-order valence-electron chi connectivity index (χ0n) is 12.5. The van der Waals surface area contributed by atoms with Crippen molar-refractivity contribution in [3.63, 3.8) is 0 Å². The van der Waals surface area contributed by atoms with Gasteiger partial charge in [0.15, 0.2) is 0 Å². The molecule has 0 aliphatic carbocycles. The van der Waals surface area contributed by atoms with Crippen LogP contribution in [0.25, 0.3) is 0 Å². The van der Waals surface area contributed by atoms with E-state index in [1.807, 2.05) is 0 Å². The van der Waals surface area contributed by atoms with E-state index in [2.05, 4.69) is 0 Å². The van der Waals surface area contributed by atoms with E-state index < -0.39 is 48.0 Å². The van der Waals surface area contributed by atoms with Gasteiger partial charge < -0.3 is 30.5 Å². The number of primary amides is 1. The highest BCUT2D eigenvalue weighted by molar-refractivity contribution is 5.74. The minimum Gasteiger partial charge on any atom is -0.465 e. The van der Waals surface area contributed by atoms with E-state index in [-0.39, 0.29) is 17.9 Å². The van der Waals surface area contributed by atoms with Crippen molar-refractivity contribution in [2.45, 2.75) is 31.0 Å². The van der Waals surface area contributed by atoms with Gasteiger partial charge in [0.2, 0.25) is 12.2 Å². The summed E-state index contributed by atoms with van der Waals surface area (Å²) in [6, 6.07) is 5.09. The Balaban J connectivity index is 2.19. The molecule has 24 heavy (non-hydrogen) atoms.